The molecular formula is C20H18F2O3. The average molecular weight is 344 g/mol. The summed E-state index contributed by atoms with van der Waals surface area (Å²) < 4.78 is 43.8. The monoisotopic (exact) mass is 344 g/mol. The van der Waals surface area contributed by atoms with E-state index in [9.17, 15) is 8.78 Å². The van der Waals surface area contributed by atoms with E-state index in [4.69, 9.17) is 14.2 Å². The highest BCUT2D eigenvalue weighted by atomic mass is 19.1. The van der Waals surface area contributed by atoms with Crippen molar-refractivity contribution in [2.45, 2.75) is 6.92 Å². The molecule has 3 nitrogen and oxygen atoms in total. The predicted octanol–water partition coefficient (Wildman–Crippen LogP) is 4.95. The lowest BCUT2D eigenvalue weighted by molar-refractivity contribution is 0.324. The smallest absolute Gasteiger partial charge is 0.203 e. The minimum atomic E-state index is -0.589. The van der Waals surface area contributed by atoms with Crippen LogP contribution in [0.25, 0.3) is 17.7 Å². The number of ether oxygens (including phenoxy) is 3. The minimum Gasteiger partial charge on any atom is -0.493 e. The van der Waals surface area contributed by atoms with Gasteiger partial charge in [-0.05, 0) is 53.5 Å². The standard InChI is InChI=1S/C20H18F2O3/c1-11-5-13-9-14(21)10-16(22)19(13)15(11)6-12-7-17(23-2)20(25-4)18(8-12)24-3/h5-10H,1-4H3. The van der Waals surface area contributed by atoms with Gasteiger partial charge in [0.1, 0.15) is 11.6 Å². The zero-order chi connectivity index (χ0) is 18.1. The number of fused-ring (bicyclic) bond motifs is 1. The van der Waals surface area contributed by atoms with E-state index in [1.807, 2.05) is 13.0 Å². The molecule has 0 unspecified atom stereocenters. The predicted molar refractivity (Wildman–Crippen MR) is 94.0 cm³/mol. The average Bonchev–Trinajstić information content (AvgIpc) is 2.89. The Kier molecular flexibility index (Phi) is 4.49. The summed E-state index contributed by atoms with van der Waals surface area (Å²) in [4.78, 5) is 0. The third kappa shape index (κ3) is 2.97. The van der Waals surface area contributed by atoms with Gasteiger partial charge in [-0.15, -0.1) is 0 Å². The lowest BCUT2D eigenvalue weighted by Gasteiger charge is -2.13. The Morgan fingerprint density at radius 3 is 2.08 bits per heavy atom. The molecule has 0 saturated heterocycles. The summed E-state index contributed by atoms with van der Waals surface area (Å²) in [6.07, 6.45) is 3.59. The number of rotatable bonds is 4. The van der Waals surface area contributed by atoms with E-state index in [1.165, 1.54) is 27.4 Å². The first kappa shape index (κ1) is 17.0. The maximum Gasteiger partial charge on any atom is 0.203 e. The fourth-order valence-electron chi connectivity index (χ4n) is 3.04. The highest BCUT2D eigenvalue weighted by Crippen LogP contribution is 2.42. The van der Waals surface area contributed by atoms with E-state index in [-0.39, 0.29) is 0 Å². The van der Waals surface area contributed by atoms with Crippen LogP contribution < -0.4 is 14.2 Å². The SMILES string of the molecule is COc1cc(C=C2C(C)=Cc3cc(F)cc(F)c32)cc(OC)c1OC. The summed E-state index contributed by atoms with van der Waals surface area (Å²) in [5.74, 6) is 0.330. The summed E-state index contributed by atoms with van der Waals surface area (Å²) in [5, 5.41) is 0. The number of halogens is 2. The van der Waals surface area contributed by atoms with Crippen LogP contribution in [0.15, 0.2) is 29.8 Å². The van der Waals surface area contributed by atoms with E-state index in [0.717, 1.165) is 17.2 Å². The molecule has 130 valence electrons. The second-order valence-electron chi connectivity index (χ2n) is 5.70. The fraction of sp³-hybridized carbons (Fsp3) is 0.200. The Balaban J connectivity index is 2.16. The number of allylic oxidation sites excluding steroid dienone is 2. The largest absolute Gasteiger partial charge is 0.493 e. The number of benzene rings is 2. The maximum absolute atomic E-state index is 14.3. The number of methoxy groups -OCH3 is 3. The Hall–Kier alpha value is -2.82. The molecule has 2 aromatic rings. The summed E-state index contributed by atoms with van der Waals surface area (Å²) >= 11 is 0. The van der Waals surface area contributed by atoms with Gasteiger partial charge in [-0.2, -0.15) is 0 Å². The zero-order valence-electron chi connectivity index (χ0n) is 14.4. The lowest BCUT2D eigenvalue weighted by Crippen LogP contribution is -1.96. The molecule has 1 aliphatic carbocycles. The van der Waals surface area contributed by atoms with Gasteiger partial charge in [-0.1, -0.05) is 6.08 Å². The summed E-state index contributed by atoms with van der Waals surface area (Å²) in [6, 6.07) is 5.79. The molecule has 0 saturated carbocycles. The van der Waals surface area contributed by atoms with Crippen LogP contribution in [0.2, 0.25) is 0 Å². The van der Waals surface area contributed by atoms with E-state index in [2.05, 4.69) is 0 Å². The Morgan fingerprint density at radius 2 is 1.52 bits per heavy atom. The first-order valence-electron chi connectivity index (χ1n) is 7.68. The Morgan fingerprint density at radius 1 is 0.880 bits per heavy atom. The van der Waals surface area contributed by atoms with Gasteiger partial charge in [0.05, 0.1) is 21.3 Å². The molecule has 0 aromatic heterocycles. The first-order valence-corrected chi connectivity index (χ1v) is 7.68. The Labute approximate surface area is 145 Å². The highest BCUT2D eigenvalue weighted by Gasteiger charge is 2.22. The molecule has 0 radical (unpaired) electrons. The van der Waals surface area contributed by atoms with Gasteiger partial charge in [0.25, 0.3) is 0 Å². The van der Waals surface area contributed by atoms with Crippen LogP contribution in [-0.2, 0) is 0 Å². The van der Waals surface area contributed by atoms with Crippen LogP contribution in [0.4, 0.5) is 8.78 Å². The normalized spacial score (nSPS) is 14.3. The molecule has 0 atom stereocenters. The molecule has 25 heavy (non-hydrogen) atoms. The molecule has 0 spiro atoms. The van der Waals surface area contributed by atoms with Crippen molar-refractivity contribution in [1.29, 1.82) is 0 Å². The van der Waals surface area contributed by atoms with Gasteiger partial charge in [0.2, 0.25) is 5.75 Å². The number of hydrogen-bond acceptors (Lipinski definition) is 3. The van der Waals surface area contributed by atoms with Crippen molar-refractivity contribution in [3.63, 3.8) is 0 Å². The second kappa shape index (κ2) is 6.59. The van der Waals surface area contributed by atoms with Crippen molar-refractivity contribution in [2.24, 2.45) is 0 Å². The maximum atomic E-state index is 14.3. The molecule has 0 aliphatic heterocycles. The van der Waals surface area contributed by atoms with Gasteiger partial charge in [-0.3, -0.25) is 0 Å². The molecule has 2 aromatic carbocycles. The van der Waals surface area contributed by atoms with Crippen molar-refractivity contribution in [1.82, 2.24) is 0 Å². The van der Waals surface area contributed by atoms with Crippen molar-refractivity contribution >= 4 is 17.7 Å². The van der Waals surface area contributed by atoms with E-state index in [1.54, 1.807) is 18.2 Å². The van der Waals surface area contributed by atoms with Crippen molar-refractivity contribution in [3.05, 3.63) is 58.2 Å². The van der Waals surface area contributed by atoms with Crippen LogP contribution in [0.5, 0.6) is 17.2 Å². The van der Waals surface area contributed by atoms with Gasteiger partial charge < -0.3 is 14.2 Å². The van der Waals surface area contributed by atoms with Crippen molar-refractivity contribution in [2.75, 3.05) is 21.3 Å². The highest BCUT2D eigenvalue weighted by molar-refractivity contribution is 6.01. The van der Waals surface area contributed by atoms with Gasteiger partial charge in [0, 0.05) is 11.6 Å². The van der Waals surface area contributed by atoms with Crippen LogP contribution in [-0.4, -0.2) is 21.3 Å². The van der Waals surface area contributed by atoms with Crippen molar-refractivity contribution in [3.8, 4) is 17.2 Å². The van der Waals surface area contributed by atoms with Crippen LogP contribution in [0, 0.1) is 11.6 Å². The Bertz CT molecular complexity index is 873. The minimum absolute atomic E-state index is 0.396. The molecule has 0 N–H and O–H groups in total. The first-order chi connectivity index (χ1) is 12.0. The molecule has 0 amide bonds. The quantitative estimate of drug-likeness (QED) is 0.786. The molecule has 0 heterocycles. The molecule has 0 bridgehead atoms. The lowest BCUT2D eigenvalue weighted by atomic mass is 9.99. The van der Waals surface area contributed by atoms with Gasteiger partial charge in [0.15, 0.2) is 11.5 Å². The van der Waals surface area contributed by atoms with Crippen LogP contribution in [0.3, 0.4) is 0 Å². The summed E-state index contributed by atoms with van der Waals surface area (Å²) in [5.41, 5.74) is 3.24. The van der Waals surface area contributed by atoms with E-state index in [0.29, 0.717) is 33.9 Å². The summed E-state index contributed by atoms with van der Waals surface area (Å²) in [7, 11) is 4.60. The van der Waals surface area contributed by atoms with Crippen LogP contribution in [0.1, 0.15) is 23.6 Å². The summed E-state index contributed by atoms with van der Waals surface area (Å²) in [6.45, 7) is 1.86. The number of hydrogen-bond donors (Lipinski definition) is 0. The topological polar surface area (TPSA) is 27.7 Å². The third-order valence-corrected chi connectivity index (χ3v) is 4.15. The van der Waals surface area contributed by atoms with Crippen LogP contribution >= 0.6 is 0 Å². The fourth-order valence-corrected chi connectivity index (χ4v) is 3.04. The van der Waals surface area contributed by atoms with E-state index < -0.39 is 11.6 Å². The molecule has 0 fully saturated rings. The molecule has 3 rings (SSSR count). The zero-order valence-corrected chi connectivity index (χ0v) is 14.4. The van der Waals surface area contributed by atoms with Gasteiger partial charge in [-0.25, -0.2) is 8.78 Å². The molecule has 5 heteroatoms. The van der Waals surface area contributed by atoms with Gasteiger partial charge >= 0.3 is 0 Å². The van der Waals surface area contributed by atoms with Crippen molar-refractivity contribution < 1.29 is 23.0 Å². The molecule has 1 aliphatic rings. The third-order valence-electron chi connectivity index (χ3n) is 4.15. The van der Waals surface area contributed by atoms with E-state index >= 15 is 0 Å². The molecular weight excluding hydrogens is 326 g/mol. The second-order valence-corrected chi connectivity index (χ2v) is 5.70.